The van der Waals surface area contributed by atoms with Crippen molar-refractivity contribution in [2.24, 2.45) is 0 Å². The molecule has 2 aromatic rings. The number of methoxy groups -OCH3 is 1. The van der Waals surface area contributed by atoms with Crippen LogP contribution in [0.5, 0.6) is 5.75 Å². The van der Waals surface area contributed by atoms with Gasteiger partial charge in [0.05, 0.1) is 12.8 Å². The Kier molecular flexibility index (Phi) is 4.11. The van der Waals surface area contributed by atoms with Crippen LogP contribution in [0.15, 0.2) is 35.1 Å². The van der Waals surface area contributed by atoms with Gasteiger partial charge in [-0.2, -0.15) is 0 Å². The van der Waals surface area contributed by atoms with E-state index in [0.717, 1.165) is 37.5 Å². The van der Waals surface area contributed by atoms with Crippen LogP contribution in [0.25, 0.3) is 11.3 Å². The minimum Gasteiger partial charge on any atom is -0.497 e. The molecule has 1 fully saturated rings. The molecule has 1 aliphatic rings. The molecule has 3 rings (SSSR count). The molecule has 6 nitrogen and oxygen atoms in total. The fraction of sp³-hybridized carbons (Fsp3) is 0.375. The molecule has 0 radical (unpaired) electrons. The average molecular weight is 300 g/mol. The molecule has 116 valence electrons. The van der Waals surface area contributed by atoms with Crippen molar-refractivity contribution in [3.8, 4) is 17.0 Å². The zero-order valence-electron chi connectivity index (χ0n) is 12.9. The molecule has 1 N–H and O–H groups in total. The summed E-state index contributed by atoms with van der Waals surface area (Å²) in [4.78, 5) is 23.8. The molecule has 0 atom stereocenters. The molecule has 0 bridgehead atoms. The van der Waals surface area contributed by atoms with Gasteiger partial charge in [0.2, 0.25) is 5.95 Å². The van der Waals surface area contributed by atoms with Crippen molar-refractivity contribution >= 4 is 5.95 Å². The van der Waals surface area contributed by atoms with E-state index in [2.05, 4.69) is 26.8 Å². The summed E-state index contributed by atoms with van der Waals surface area (Å²) in [5.41, 5.74) is 1.40. The second kappa shape index (κ2) is 6.19. The third-order valence-corrected chi connectivity index (χ3v) is 3.90. The Morgan fingerprint density at radius 3 is 2.68 bits per heavy atom. The first-order valence-electron chi connectivity index (χ1n) is 7.35. The number of hydrogen-bond donors (Lipinski definition) is 1. The second-order valence-electron chi connectivity index (χ2n) is 5.48. The van der Waals surface area contributed by atoms with Crippen molar-refractivity contribution in [2.45, 2.75) is 0 Å². The quantitative estimate of drug-likeness (QED) is 0.923. The van der Waals surface area contributed by atoms with E-state index < -0.39 is 0 Å². The van der Waals surface area contributed by atoms with Crippen LogP contribution in [-0.2, 0) is 0 Å². The lowest BCUT2D eigenvalue weighted by atomic mass is 10.1. The van der Waals surface area contributed by atoms with Gasteiger partial charge in [0, 0.05) is 37.8 Å². The van der Waals surface area contributed by atoms with Crippen molar-refractivity contribution in [2.75, 3.05) is 45.2 Å². The summed E-state index contributed by atoms with van der Waals surface area (Å²) >= 11 is 0. The SMILES string of the molecule is COc1cccc(-c2cc(=O)[nH]c(N3CCN(C)CC3)n2)c1. The summed E-state index contributed by atoms with van der Waals surface area (Å²) in [5.74, 6) is 1.39. The second-order valence-corrected chi connectivity index (χ2v) is 5.48. The first-order valence-corrected chi connectivity index (χ1v) is 7.35. The number of piperazine rings is 1. The molecule has 0 unspecified atom stereocenters. The summed E-state index contributed by atoms with van der Waals surface area (Å²) in [6.45, 7) is 3.65. The van der Waals surface area contributed by atoms with Gasteiger partial charge in [0.15, 0.2) is 0 Å². The van der Waals surface area contributed by atoms with Crippen LogP contribution in [0.4, 0.5) is 5.95 Å². The normalized spacial score (nSPS) is 15.8. The van der Waals surface area contributed by atoms with Crippen LogP contribution in [0, 0.1) is 0 Å². The third-order valence-electron chi connectivity index (χ3n) is 3.90. The Morgan fingerprint density at radius 1 is 1.18 bits per heavy atom. The number of rotatable bonds is 3. The van der Waals surface area contributed by atoms with Gasteiger partial charge >= 0.3 is 0 Å². The van der Waals surface area contributed by atoms with Crippen LogP contribution in [0.3, 0.4) is 0 Å². The minimum atomic E-state index is -0.137. The Hall–Kier alpha value is -2.34. The predicted octanol–water partition coefficient (Wildman–Crippen LogP) is 1.20. The van der Waals surface area contributed by atoms with Crippen LogP contribution >= 0.6 is 0 Å². The minimum absolute atomic E-state index is 0.137. The number of nitrogens with zero attached hydrogens (tertiary/aromatic N) is 3. The highest BCUT2D eigenvalue weighted by Gasteiger charge is 2.17. The van der Waals surface area contributed by atoms with E-state index in [-0.39, 0.29) is 5.56 Å². The average Bonchev–Trinajstić information content (AvgIpc) is 2.55. The van der Waals surface area contributed by atoms with Crippen LogP contribution in [0.1, 0.15) is 0 Å². The van der Waals surface area contributed by atoms with Crippen molar-refractivity contribution in [1.29, 1.82) is 0 Å². The zero-order chi connectivity index (χ0) is 15.5. The predicted molar refractivity (Wildman–Crippen MR) is 86.6 cm³/mol. The summed E-state index contributed by atoms with van der Waals surface area (Å²) in [5, 5.41) is 0. The lowest BCUT2D eigenvalue weighted by Gasteiger charge is -2.32. The molecule has 0 aliphatic carbocycles. The van der Waals surface area contributed by atoms with Gasteiger partial charge in [-0.1, -0.05) is 12.1 Å². The summed E-state index contributed by atoms with van der Waals surface area (Å²) in [7, 11) is 3.72. The lowest BCUT2D eigenvalue weighted by Crippen LogP contribution is -2.45. The Labute approximate surface area is 129 Å². The molecule has 22 heavy (non-hydrogen) atoms. The van der Waals surface area contributed by atoms with Gasteiger partial charge < -0.3 is 14.5 Å². The number of ether oxygens (including phenoxy) is 1. The topological polar surface area (TPSA) is 61.5 Å². The molecular weight excluding hydrogens is 280 g/mol. The maximum atomic E-state index is 12.0. The van der Waals surface area contributed by atoms with E-state index in [0.29, 0.717) is 11.6 Å². The molecule has 1 saturated heterocycles. The number of hydrogen-bond acceptors (Lipinski definition) is 5. The van der Waals surface area contributed by atoms with Crippen molar-refractivity contribution in [3.05, 3.63) is 40.7 Å². The fourth-order valence-corrected chi connectivity index (χ4v) is 2.54. The molecular formula is C16H20N4O2. The van der Waals surface area contributed by atoms with Crippen molar-refractivity contribution < 1.29 is 4.74 Å². The number of benzene rings is 1. The number of anilines is 1. The largest absolute Gasteiger partial charge is 0.497 e. The van der Waals surface area contributed by atoms with Crippen LogP contribution in [0.2, 0.25) is 0 Å². The molecule has 1 aromatic heterocycles. The summed E-state index contributed by atoms with van der Waals surface area (Å²) < 4.78 is 5.24. The summed E-state index contributed by atoms with van der Waals surface area (Å²) in [6.07, 6.45) is 0. The van der Waals surface area contributed by atoms with E-state index in [1.165, 1.54) is 6.07 Å². The highest BCUT2D eigenvalue weighted by Crippen LogP contribution is 2.22. The van der Waals surface area contributed by atoms with Crippen molar-refractivity contribution in [3.63, 3.8) is 0 Å². The van der Waals surface area contributed by atoms with Crippen LogP contribution < -0.4 is 15.2 Å². The first kappa shape index (κ1) is 14.6. The van der Waals surface area contributed by atoms with E-state index in [9.17, 15) is 4.79 Å². The maximum Gasteiger partial charge on any atom is 0.252 e. The molecule has 2 heterocycles. The van der Waals surface area contributed by atoms with Gasteiger partial charge in [0.1, 0.15) is 5.75 Å². The molecule has 1 aromatic carbocycles. The Balaban J connectivity index is 1.94. The van der Waals surface area contributed by atoms with E-state index in [4.69, 9.17) is 4.74 Å². The van der Waals surface area contributed by atoms with E-state index in [1.54, 1.807) is 7.11 Å². The fourth-order valence-electron chi connectivity index (χ4n) is 2.54. The van der Waals surface area contributed by atoms with Gasteiger partial charge in [0.25, 0.3) is 5.56 Å². The number of H-pyrrole nitrogens is 1. The number of aromatic amines is 1. The molecule has 0 spiro atoms. The van der Waals surface area contributed by atoms with E-state index >= 15 is 0 Å². The number of likely N-dealkylation sites (N-methyl/N-ethyl adjacent to an activating group) is 1. The standard InChI is InChI=1S/C16H20N4O2/c1-19-6-8-20(9-7-19)16-17-14(11-15(21)18-16)12-4-3-5-13(10-12)22-2/h3-5,10-11H,6-9H2,1-2H3,(H,17,18,21). The number of nitrogens with one attached hydrogen (secondary N) is 1. The maximum absolute atomic E-state index is 12.0. The monoisotopic (exact) mass is 300 g/mol. The molecule has 0 amide bonds. The highest BCUT2D eigenvalue weighted by molar-refractivity contribution is 5.62. The smallest absolute Gasteiger partial charge is 0.252 e. The van der Waals surface area contributed by atoms with Gasteiger partial charge in [-0.15, -0.1) is 0 Å². The number of aromatic nitrogens is 2. The lowest BCUT2D eigenvalue weighted by molar-refractivity contribution is 0.311. The Morgan fingerprint density at radius 2 is 1.95 bits per heavy atom. The molecule has 0 saturated carbocycles. The van der Waals surface area contributed by atoms with Gasteiger partial charge in [-0.25, -0.2) is 4.98 Å². The molecule has 1 aliphatic heterocycles. The zero-order valence-corrected chi connectivity index (χ0v) is 12.9. The Bertz CT molecular complexity index is 705. The third kappa shape index (κ3) is 3.12. The summed E-state index contributed by atoms with van der Waals surface area (Å²) in [6, 6.07) is 9.10. The highest BCUT2D eigenvalue weighted by atomic mass is 16.5. The van der Waals surface area contributed by atoms with E-state index in [1.807, 2.05) is 24.3 Å². The van der Waals surface area contributed by atoms with Crippen molar-refractivity contribution in [1.82, 2.24) is 14.9 Å². The van der Waals surface area contributed by atoms with Gasteiger partial charge in [-0.3, -0.25) is 9.78 Å². The molecule has 6 heteroatoms. The van der Waals surface area contributed by atoms with Gasteiger partial charge in [-0.05, 0) is 19.2 Å². The van der Waals surface area contributed by atoms with Crippen LogP contribution in [-0.4, -0.2) is 55.2 Å². The first-order chi connectivity index (χ1) is 10.7.